The molecule has 2 aromatic carbocycles. The minimum absolute atomic E-state index is 0.0106. The van der Waals surface area contributed by atoms with Gasteiger partial charge < -0.3 is 10.2 Å². The van der Waals surface area contributed by atoms with Crippen molar-refractivity contribution in [3.63, 3.8) is 0 Å². The Hall–Kier alpha value is -2.73. The summed E-state index contributed by atoms with van der Waals surface area (Å²) in [7, 11) is 0. The van der Waals surface area contributed by atoms with Crippen LogP contribution in [0.15, 0.2) is 36.4 Å². The first-order valence-electron chi connectivity index (χ1n) is 12.2. The van der Waals surface area contributed by atoms with Gasteiger partial charge in [0.05, 0.1) is 0 Å². The van der Waals surface area contributed by atoms with Gasteiger partial charge in [0.15, 0.2) is 0 Å². The van der Waals surface area contributed by atoms with Gasteiger partial charge >= 0.3 is 0 Å². The number of benzene rings is 2. The summed E-state index contributed by atoms with van der Waals surface area (Å²) >= 11 is 0. The summed E-state index contributed by atoms with van der Waals surface area (Å²) in [4.78, 5) is 30.1. The van der Waals surface area contributed by atoms with Crippen LogP contribution in [0, 0.1) is 5.82 Å². The standard InChI is InChI=1S/C27H32FN3O2/c1-17(2)29-26(32)20-7-8-23(25(28)15-20)18-6-9-24-19(14-18)10-13-31(27(24)33)22-11-12-30(16-22)21-4-3-5-21/h6-9,14-15,17,21-22H,3-5,10-13,16H2,1-2H3,(H,29,32)/t22-/m0/s1. The number of nitrogens with one attached hydrogen (secondary N) is 1. The fourth-order valence-corrected chi connectivity index (χ4v) is 5.36. The van der Waals surface area contributed by atoms with E-state index in [0.717, 1.165) is 55.2 Å². The second kappa shape index (κ2) is 8.90. The van der Waals surface area contributed by atoms with Gasteiger partial charge in [0.25, 0.3) is 11.8 Å². The molecule has 0 spiro atoms. The number of carbonyl (C=O) groups excluding carboxylic acids is 2. The van der Waals surface area contributed by atoms with Gasteiger partial charge in [0, 0.05) is 54.5 Å². The van der Waals surface area contributed by atoms with Gasteiger partial charge in [-0.05, 0) is 68.9 Å². The number of carbonyl (C=O) groups is 2. The Kier molecular flexibility index (Phi) is 5.95. The van der Waals surface area contributed by atoms with Crippen LogP contribution in [0.1, 0.15) is 65.8 Å². The fraction of sp³-hybridized carbons (Fsp3) is 0.481. The Morgan fingerprint density at radius 2 is 1.82 bits per heavy atom. The maximum atomic E-state index is 14.9. The van der Waals surface area contributed by atoms with E-state index in [9.17, 15) is 14.0 Å². The molecule has 33 heavy (non-hydrogen) atoms. The van der Waals surface area contributed by atoms with Crippen LogP contribution < -0.4 is 5.32 Å². The van der Waals surface area contributed by atoms with Crippen molar-refractivity contribution in [1.29, 1.82) is 0 Å². The molecule has 1 saturated heterocycles. The molecule has 1 N–H and O–H groups in total. The lowest BCUT2D eigenvalue weighted by atomic mass is 9.91. The van der Waals surface area contributed by atoms with Gasteiger partial charge in [0.1, 0.15) is 5.82 Å². The maximum absolute atomic E-state index is 14.9. The molecule has 0 radical (unpaired) electrons. The molecule has 0 unspecified atom stereocenters. The van der Waals surface area contributed by atoms with Crippen molar-refractivity contribution in [2.24, 2.45) is 0 Å². The number of hydrogen-bond donors (Lipinski definition) is 1. The summed E-state index contributed by atoms with van der Waals surface area (Å²) < 4.78 is 14.9. The number of halogens is 1. The molecule has 3 aliphatic rings. The highest BCUT2D eigenvalue weighted by Gasteiger charge is 2.37. The van der Waals surface area contributed by atoms with E-state index in [-0.39, 0.29) is 17.9 Å². The average Bonchev–Trinajstić information content (AvgIpc) is 3.21. The van der Waals surface area contributed by atoms with E-state index in [1.165, 1.54) is 25.3 Å². The normalized spacial score (nSPS) is 21.3. The van der Waals surface area contributed by atoms with Crippen LogP contribution in [0.5, 0.6) is 0 Å². The van der Waals surface area contributed by atoms with Crippen LogP contribution >= 0.6 is 0 Å². The summed E-state index contributed by atoms with van der Waals surface area (Å²) in [6.45, 7) is 6.54. The molecule has 2 heterocycles. The number of likely N-dealkylation sites (tertiary alicyclic amines) is 1. The molecule has 1 atom stereocenters. The van der Waals surface area contributed by atoms with Crippen LogP contribution in [-0.4, -0.2) is 59.4 Å². The zero-order valence-electron chi connectivity index (χ0n) is 19.4. The van der Waals surface area contributed by atoms with Gasteiger partial charge in [-0.1, -0.05) is 24.6 Å². The molecule has 174 valence electrons. The first kappa shape index (κ1) is 22.1. The predicted octanol–water partition coefficient (Wildman–Crippen LogP) is 4.26. The molecule has 2 amide bonds. The molecule has 6 heteroatoms. The van der Waals surface area contributed by atoms with Crippen LogP contribution in [0.3, 0.4) is 0 Å². The van der Waals surface area contributed by atoms with Gasteiger partial charge in [-0.25, -0.2) is 4.39 Å². The number of rotatable bonds is 5. The van der Waals surface area contributed by atoms with E-state index in [1.54, 1.807) is 12.1 Å². The summed E-state index contributed by atoms with van der Waals surface area (Å²) in [6.07, 6.45) is 5.76. The van der Waals surface area contributed by atoms with E-state index >= 15 is 0 Å². The molecule has 1 aliphatic carbocycles. The van der Waals surface area contributed by atoms with Crippen molar-refractivity contribution in [3.05, 3.63) is 58.9 Å². The van der Waals surface area contributed by atoms with E-state index in [2.05, 4.69) is 15.1 Å². The number of hydrogen-bond acceptors (Lipinski definition) is 3. The first-order chi connectivity index (χ1) is 15.9. The van der Waals surface area contributed by atoms with Gasteiger partial charge in [-0.3, -0.25) is 14.5 Å². The summed E-state index contributed by atoms with van der Waals surface area (Å²) in [5.74, 6) is -0.615. The predicted molar refractivity (Wildman–Crippen MR) is 127 cm³/mol. The van der Waals surface area contributed by atoms with Crippen molar-refractivity contribution in [2.45, 2.75) is 64.1 Å². The van der Waals surface area contributed by atoms with Crippen LogP contribution in [-0.2, 0) is 6.42 Å². The summed E-state index contributed by atoms with van der Waals surface area (Å²) in [5.41, 5.74) is 3.20. The van der Waals surface area contributed by atoms with Gasteiger partial charge in [-0.2, -0.15) is 0 Å². The Bertz CT molecular complexity index is 1080. The number of amides is 2. The van der Waals surface area contributed by atoms with Crippen molar-refractivity contribution in [2.75, 3.05) is 19.6 Å². The molecular formula is C27H32FN3O2. The Labute approximate surface area is 195 Å². The van der Waals surface area contributed by atoms with E-state index < -0.39 is 5.82 Å². The molecule has 0 aromatic heterocycles. The lowest BCUT2D eigenvalue weighted by molar-refractivity contribution is 0.0646. The zero-order valence-corrected chi connectivity index (χ0v) is 19.4. The molecular weight excluding hydrogens is 417 g/mol. The van der Waals surface area contributed by atoms with Crippen LogP contribution in [0.25, 0.3) is 11.1 Å². The van der Waals surface area contributed by atoms with Crippen LogP contribution in [0.4, 0.5) is 4.39 Å². The molecule has 5 rings (SSSR count). The number of nitrogens with zero attached hydrogens (tertiary/aromatic N) is 2. The molecule has 2 aromatic rings. The molecule has 1 saturated carbocycles. The highest BCUT2D eigenvalue weighted by Crippen LogP contribution is 2.33. The maximum Gasteiger partial charge on any atom is 0.254 e. The van der Waals surface area contributed by atoms with E-state index in [4.69, 9.17) is 0 Å². The van der Waals surface area contributed by atoms with Crippen molar-refractivity contribution in [1.82, 2.24) is 15.1 Å². The van der Waals surface area contributed by atoms with Gasteiger partial charge in [-0.15, -0.1) is 0 Å². The van der Waals surface area contributed by atoms with Crippen molar-refractivity contribution in [3.8, 4) is 11.1 Å². The third kappa shape index (κ3) is 4.29. The highest BCUT2D eigenvalue weighted by atomic mass is 19.1. The third-order valence-corrected chi connectivity index (χ3v) is 7.41. The molecule has 5 nitrogen and oxygen atoms in total. The lowest BCUT2D eigenvalue weighted by Crippen LogP contribution is -2.47. The zero-order chi connectivity index (χ0) is 23.1. The Morgan fingerprint density at radius 3 is 2.52 bits per heavy atom. The van der Waals surface area contributed by atoms with Crippen molar-refractivity contribution >= 4 is 11.8 Å². The molecule has 2 fully saturated rings. The third-order valence-electron chi connectivity index (χ3n) is 7.41. The fourth-order valence-electron chi connectivity index (χ4n) is 5.36. The highest BCUT2D eigenvalue weighted by molar-refractivity contribution is 5.98. The van der Waals surface area contributed by atoms with E-state index in [1.807, 2.05) is 32.0 Å². The molecule has 2 aliphatic heterocycles. The Morgan fingerprint density at radius 1 is 1.03 bits per heavy atom. The monoisotopic (exact) mass is 449 g/mol. The largest absolute Gasteiger partial charge is 0.350 e. The molecule has 0 bridgehead atoms. The second-order valence-electron chi connectivity index (χ2n) is 9.97. The number of fused-ring (bicyclic) bond motifs is 1. The van der Waals surface area contributed by atoms with Crippen LogP contribution in [0.2, 0.25) is 0 Å². The first-order valence-corrected chi connectivity index (χ1v) is 12.2. The SMILES string of the molecule is CC(C)NC(=O)c1ccc(-c2ccc3c(c2)CCN([C@H]2CCN(C4CCC4)C2)C3=O)c(F)c1. The Balaban J connectivity index is 1.32. The topological polar surface area (TPSA) is 52.7 Å². The smallest absolute Gasteiger partial charge is 0.254 e. The minimum Gasteiger partial charge on any atom is -0.350 e. The summed E-state index contributed by atoms with van der Waals surface area (Å²) in [5, 5.41) is 2.78. The average molecular weight is 450 g/mol. The van der Waals surface area contributed by atoms with E-state index in [0.29, 0.717) is 17.2 Å². The van der Waals surface area contributed by atoms with Crippen molar-refractivity contribution < 1.29 is 14.0 Å². The quantitative estimate of drug-likeness (QED) is 0.742. The van der Waals surface area contributed by atoms with Gasteiger partial charge in [0.2, 0.25) is 0 Å². The minimum atomic E-state index is -0.433. The summed E-state index contributed by atoms with van der Waals surface area (Å²) in [6, 6.07) is 11.2. The lowest BCUT2D eigenvalue weighted by Gasteiger charge is -2.37. The second-order valence-corrected chi connectivity index (χ2v) is 9.97.